The molecule has 2 heteroatoms. The van der Waals surface area contributed by atoms with Gasteiger partial charge in [-0.15, -0.1) is 6.58 Å². The molecule has 0 saturated carbocycles. The Labute approximate surface area is 81.9 Å². The van der Waals surface area contributed by atoms with Crippen molar-refractivity contribution in [1.82, 2.24) is 0 Å². The van der Waals surface area contributed by atoms with Gasteiger partial charge >= 0.3 is 0 Å². The molecule has 0 radical (unpaired) electrons. The quantitative estimate of drug-likeness (QED) is 0.428. The maximum atomic E-state index is 5.63. The van der Waals surface area contributed by atoms with E-state index in [9.17, 15) is 0 Å². The highest BCUT2D eigenvalue weighted by Crippen LogP contribution is 2.23. The van der Waals surface area contributed by atoms with Crippen molar-refractivity contribution in [2.75, 3.05) is 13.9 Å². The summed E-state index contributed by atoms with van der Waals surface area (Å²) >= 11 is 0. The van der Waals surface area contributed by atoms with Gasteiger partial charge in [0.05, 0.1) is 5.60 Å². The molecule has 1 atom stereocenters. The van der Waals surface area contributed by atoms with Crippen LogP contribution in [0.3, 0.4) is 0 Å². The van der Waals surface area contributed by atoms with Crippen molar-refractivity contribution in [3.63, 3.8) is 0 Å². The van der Waals surface area contributed by atoms with Gasteiger partial charge < -0.3 is 9.47 Å². The lowest BCUT2D eigenvalue weighted by Gasteiger charge is -2.28. The molecule has 0 spiro atoms. The van der Waals surface area contributed by atoms with Gasteiger partial charge in [-0.3, -0.25) is 0 Å². The van der Waals surface area contributed by atoms with Crippen molar-refractivity contribution in [2.45, 2.75) is 45.1 Å². The number of unbranched alkanes of at least 4 members (excludes halogenated alkanes) is 1. The third-order valence-electron chi connectivity index (χ3n) is 2.16. The van der Waals surface area contributed by atoms with E-state index in [4.69, 9.17) is 9.47 Å². The zero-order chi connectivity index (χ0) is 10.2. The second-order valence-corrected chi connectivity index (χ2v) is 3.60. The predicted octanol–water partition coefficient (Wildman–Crippen LogP) is 3.13. The summed E-state index contributed by atoms with van der Waals surface area (Å²) < 4.78 is 10.5. The second kappa shape index (κ2) is 7.10. The van der Waals surface area contributed by atoms with Crippen LogP contribution in [0.15, 0.2) is 12.7 Å². The Morgan fingerprint density at radius 2 is 2.15 bits per heavy atom. The Morgan fingerprint density at radius 3 is 2.62 bits per heavy atom. The van der Waals surface area contributed by atoms with E-state index in [0.29, 0.717) is 6.79 Å². The Hall–Kier alpha value is -0.340. The van der Waals surface area contributed by atoms with Gasteiger partial charge in [0.15, 0.2) is 0 Å². The van der Waals surface area contributed by atoms with Crippen LogP contribution in [-0.4, -0.2) is 19.5 Å². The fourth-order valence-electron chi connectivity index (χ4n) is 1.29. The first kappa shape index (κ1) is 12.7. The van der Waals surface area contributed by atoms with E-state index in [1.807, 2.05) is 6.08 Å². The highest BCUT2D eigenvalue weighted by Gasteiger charge is 2.22. The van der Waals surface area contributed by atoms with Crippen molar-refractivity contribution in [3.05, 3.63) is 12.7 Å². The summed E-state index contributed by atoms with van der Waals surface area (Å²) in [5, 5.41) is 0. The maximum absolute atomic E-state index is 5.63. The zero-order valence-electron chi connectivity index (χ0n) is 9.14. The molecule has 0 aromatic heterocycles. The highest BCUT2D eigenvalue weighted by molar-refractivity contribution is 4.84. The summed E-state index contributed by atoms with van der Waals surface area (Å²) in [5.74, 6) is 0. The summed E-state index contributed by atoms with van der Waals surface area (Å²) in [4.78, 5) is 0. The van der Waals surface area contributed by atoms with Crippen molar-refractivity contribution < 1.29 is 9.47 Å². The minimum Gasteiger partial charge on any atom is -0.359 e. The largest absolute Gasteiger partial charge is 0.359 e. The van der Waals surface area contributed by atoms with Crippen LogP contribution in [0.25, 0.3) is 0 Å². The average molecular weight is 186 g/mol. The van der Waals surface area contributed by atoms with E-state index in [-0.39, 0.29) is 5.60 Å². The average Bonchev–Trinajstić information content (AvgIpc) is 2.12. The number of ether oxygens (including phenoxy) is 2. The van der Waals surface area contributed by atoms with Crippen LogP contribution in [0.2, 0.25) is 0 Å². The molecule has 0 heterocycles. The van der Waals surface area contributed by atoms with Crippen LogP contribution in [0, 0.1) is 0 Å². The molecule has 0 rings (SSSR count). The molecule has 0 saturated heterocycles. The molecule has 78 valence electrons. The van der Waals surface area contributed by atoms with E-state index in [1.54, 1.807) is 7.11 Å². The third kappa shape index (κ3) is 5.83. The number of rotatable bonds is 8. The lowest BCUT2D eigenvalue weighted by Crippen LogP contribution is -2.29. The molecule has 0 aliphatic heterocycles. The predicted molar refractivity (Wildman–Crippen MR) is 55.7 cm³/mol. The molecule has 0 fully saturated rings. The normalized spacial score (nSPS) is 15.3. The van der Waals surface area contributed by atoms with E-state index < -0.39 is 0 Å². The summed E-state index contributed by atoms with van der Waals surface area (Å²) in [6.07, 6.45) is 6.25. The molecule has 0 bridgehead atoms. The Balaban J connectivity index is 3.90. The van der Waals surface area contributed by atoms with Crippen molar-refractivity contribution >= 4 is 0 Å². The molecule has 0 aliphatic rings. The van der Waals surface area contributed by atoms with Crippen LogP contribution >= 0.6 is 0 Å². The number of hydrogen-bond donors (Lipinski definition) is 0. The Bertz CT molecular complexity index is 124. The summed E-state index contributed by atoms with van der Waals surface area (Å²) in [7, 11) is 1.65. The van der Waals surface area contributed by atoms with Crippen molar-refractivity contribution in [2.24, 2.45) is 0 Å². The minimum absolute atomic E-state index is 0.0895. The molecular formula is C11H22O2. The van der Waals surface area contributed by atoms with Gasteiger partial charge in [0.25, 0.3) is 0 Å². The van der Waals surface area contributed by atoms with Gasteiger partial charge in [0.2, 0.25) is 0 Å². The van der Waals surface area contributed by atoms with E-state index >= 15 is 0 Å². The maximum Gasteiger partial charge on any atom is 0.147 e. The highest BCUT2D eigenvalue weighted by atomic mass is 16.7. The summed E-state index contributed by atoms with van der Waals surface area (Å²) in [6.45, 7) is 8.41. The molecule has 0 aromatic rings. The van der Waals surface area contributed by atoms with E-state index in [2.05, 4.69) is 20.4 Å². The molecule has 2 nitrogen and oxygen atoms in total. The van der Waals surface area contributed by atoms with Crippen LogP contribution < -0.4 is 0 Å². The minimum atomic E-state index is -0.0895. The first-order chi connectivity index (χ1) is 6.18. The van der Waals surface area contributed by atoms with Gasteiger partial charge in [-0.25, -0.2) is 0 Å². The van der Waals surface area contributed by atoms with E-state index in [0.717, 1.165) is 12.8 Å². The SMILES string of the molecule is C=CCC(C)(CCCC)OCOC. The fraction of sp³-hybridized carbons (Fsp3) is 0.818. The molecule has 13 heavy (non-hydrogen) atoms. The van der Waals surface area contributed by atoms with Gasteiger partial charge in [-0.1, -0.05) is 25.8 Å². The first-order valence-electron chi connectivity index (χ1n) is 4.92. The van der Waals surface area contributed by atoms with Gasteiger partial charge in [0.1, 0.15) is 6.79 Å². The zero-order valence-corrected chi connectivity index (χ0v) is 9.14. The third-order valence-corrected chi connectivity index (χ3v) is 2.16. The van der Waals surface area contributed by atoms with E-state index in [1.165, 1.54) is 12.8 Å². The van der Waals surface area contributed by atoms with Crippen LogP contribution in [0.1, 0.15) is 39.5 Å². The molecule has 0 N–H and O–H groups in total. The topological polar surface area (TPSA) is 18.5 Å². The molecular weight excluding hydrogens is 164 g/mol. The second-order valence-electron chi connectivity index (χ2n) is 3.60. The monoisotopic (exact) mass is 186 g/mol. The molecule has 0 aliphatic carbocycles. The first-order valence-corrected chi connectivity index (χ1v) is 4.92. The smallest absolute Gasteiger partial charge is 0.147 e. The number of methoxy groups -OCH3 is 1. The van der Waals surface area contributed by atoms with Gasteiger partial charge in [0, 0.05) is 7.11 Å². The van der Waals surface area contributed by atoms with Gasteiger partial charge in [-0.05, 0) is 19.8 Å². The lowest BCUT2D eigenvalue weighted by molar-refractivity contribution is -0.125. The van der Waals surface area contributed by atoms with Crippen LogP contribution in [0.5, 0.6) is 0 Å². The van der Waals surface area contributed by atoms with Crippen LogP contribution in [-0.2, 0) is 9.47 Å². The molecule has 0 aromatic carbocycles. The Morgan fingerprint density at radius 1 is 1.46 bits per heavy atom. The fourth-order valence-corrected chi connectivity index (χ4v) is 1.29. The van der Waals surface area contributed by atoms with Crippen molar-refractivity contribution in [1.29, 1.82) is 0 Å². The molecule has 0 amide bonds. The summed E-state index contributed by atoms with van der Waals surface area (Å²) in [5.41, 5.74) is -0.0895. The molecule has 1 unspecified atom stereocenters. The summed E-state index contributed by atoms with van der Waals surface area (Å²) in [6, 6.07) is 0. The van der Waals surface area contributed by atoms with Crippen molar-refractivity contribution in [3.8, 4) is 0 Å². The lowest BCUT2D eigenvalue weighted by atomic mass is 9.95. The number of hydrogen-bond acceptors (Lipinski definition) is 2. The van der Waals surface area contributed by atoms with Crippen LogP contribution in [0.4, 0.5) is 0 Å². The Kier molecular flexibility index (Phi) is 6.92. The standard InChI is InChI=1S/C11H22O2/c1-5-7-9-11(3,8-6-2)13-10-12-4/h6H,2,5,7-10H2,1,3-4H3. The van der Waals surface area contributed by atoms with Gasteiger partial charge in [-0.2, -0.15) is 0 Å².